The molecule has 2 fully saturated rings. The van der Waals surface area contributed by atoms with Gasteiger partial charge < -0.3 is 5.32 Å². The van der Waals surface area contributed by atoms with Gasteiger partial charge in [0.25, 0.3) is 5.56 Å². The lowest BCUT2D eigenvalue weighted by Gasteiger charge is -2.21. The minimum Gasteiger partial charge on any atom is -0.378 e. The van der Waals surface area contributed by atoms with Crippen LogP contribution in [0.5, 0.6) is 0 Å². The number of hydrogen-bond acceptors (Lipinski definition) is 5. The van der Waals surface area contributed by atoms with Crippen LogP contribution >= 0.6 is 35.1 Å². The first-order valence-electron chi connectivity index (χ1n) is 6.93. The quantitative estimate of drug-likeness (QED) is 0.898. The predicted octanol–water partition coefficient (Wildman–Crippen LogP) is 2.57. The molecule has 2 aliphatic rings. The topological polar surface area (TPSA) is 46.9 Å². The Bertz CT molecular complexity index is 527. The standard InChI is InChI=1S/C13H18ClN3OS2/c14-11-6-16-17(7-9-1-2-9)13(18)12(11)15-5-10-8-19-3-4-20-10/h6,9-10,15H,1-5,7-8H2. The zero-order valence-electron chi connectivity index (χ0n) is 11.2. The van der Waals surface area contributed by atoms with Crippen molar-refractivity contribution in [3.63, 3.8) is 0 Å². The summed E-state index contributed by atoms with van der Waals surface area (Å²) in [6, 6.07) is 0. The summed E-state index contributed by atoms with van der Waals surface area (Å²) in [7, 11) is 0. The number of rotatable bonds is 5. The number of nitrogens with one attached hydrogen (secondary N) is 1. The molecule has 1 aliphatic carbocycles. The molecule has 0 radical (unpaired) electrons. The number of aromatic nitrogens is 2. The molecular formula is C13H18ClN3OS2. The first kappa shape index (κ1) is 14.6. The molecule has 4 nitrogen and oxygen atoms in total. The van der Waals surface area contributed by atoms with E-state index in [4.69, 9.17) is 11.6 Å². The fourth-order valence-corrected chi connectivity index (χ4v) is 4.98. The van der Waals surface area contributed by atoms with Crippen LogP contribution in [0, 0.1) is 5.92 Å². The van der Waals surface area contributed by atoms with E-state index in [1.165, 1.54) is 24.3 Å². The molecule has 1 aromatic rings. The molecule has 1 saturated carbocycles. The van der Waals surface area contributed by atoms with E-state index in [-0.39, 0.29) is 5.56 Å². The van der Waals surface area contributed by atoms with E-state index in [2.05, 4.69) is 10.4 Å². The van der Waals surface area contributed by atoms with Crippen molar-refractivity contribution < 1.29 is 0 Å². The van der Waals surface area contributed by atoms with Crippen molar-refractivity contribution >= 4 is 40.8 Å². The van der Waals surface area contributed by atoms with Gasteiger partial charge in [0.05, 0.1) is 11.2 Å². The van der Waals surface area contributed by atoms with Gasteiger partial charge in [-0.05, 0) is 18.8 Å². The molecule has 2 heterocycles. The lowest BCUT2D eigenvalue weighted by atomic mass is 10.4. The van der Waals surface area contributed by atoms with Crippen LogP contribution in [0.15, 0.2) is 11.0 Å². The monoisotopic (exact) mass is 331 g/mol. The van der Waals surface area contributed by atoms with Crippen molar-refractivity contribution in [1.82, 2.24) is 9.78 Å². The van der Waals surface area contributed by atoms with Crippen molar-refractivity contribution in [1.29, 1.82) is 0 Å². The van der Waals surface area contributed by atoms with E-state index in [0.717, 1.165) is 18.8 Å². The predicted molar refractivity (Wildman–Crippen MR) is 88.3 cm³/mol. The van der Waals surface area contributed by atoms with Gasteiger partial charge in [0.1, 0.15) is 5.69 Å². The summed E-state index contributed by atoms with van der Waals surface area (Å²) in [6.07, 6.45) is 3.99. The van der Waals surface area contributed by atoms with Gasteiger partial charge in [0.15, 0.2) is 0 Å². The van der Waals surface area contributed by atoms with Gasteiger partial charge in [0, 0.05) is 35.6 Å². The van der Waals surface area contributed by atoms with Crippen LogP contribution in [0.1, 0.15) is 12.8 Å². The number of halogens is 1. The molecule has 20 heavy (non-hydrogen) atoms. The Morgan fingerprint density at radius 3 is 3.00 bits per heavy atom. The highest BCUT2D eigenvalue weighted by Crippen LogP contribution is 2.30. The van der Waals surface area contributed by atoms with Gasteiger partial charge in [-0.3, -0.25) is 4.79 Å². The van der Waals surface area contributed by atoms with E-state index in [1.807, 2.05) is 23.5 Å². The van der Waals surface area contributed by atoms with E-state index in [9.17, 15) is 4.79 Å². The second kappa shape index (κ2) is 6.62. The van der Waals surface area contributed by atoms with Crippen LogP contribution in [0.25, 0.3) is 0 Å². The molecule has 0 bridgehead atoms. The van der Waals surface area contributed by atoms with Crippen molar-refractivity contribution in [2.45, 2.75) is 24.6 Å². The van der Waals surface area contributed by atoms with Crippen LogP contribution in [-0.4, -0.2) is 38.8 Å². The first-order chi connectivity index (χ1) is 9.74. The van der Waals surface area contributed by atoms with Crippen molar-refractivity contribution in [2.24, 2.45) is 5.92 Å². The molecule has 0 aromatic carbocycles. The highest BCUT2D eigenvalue weighted by molar-refractivity contribution is 8.06. The zero-order chi connectivity index (χ0) is 13.9. The molecular weight excluding hydrogens is 314 g/mol. The smallest absolute Gasteiger partial charge is 0.291 e. The maximum atomic E-state index is 12.4. The Balaban J connectivity index is 1.68. The third-order valence-electron chi connectivity index (χ3n) is 3.52. The van der Waals surface area contributed by atoms with E-state index >= 15 is 0 Å². The Labute approximate surface area is 132 Å². The fraction of sp³-hybridized carbons (Fsp3) is 0.692. The summed E-state index contributed by atoms with van der Waals surface area (Å²) in [6.45, 7) is 1.51. The van der Waals surface area contributed by atoms with E-state index < -0.39 is 0 Å². The number of anilines is 1. The highest BCUT2D eigenvalue weighted by Gasteiger charge is 2.24. The number of nitrogens with zero attached hydrogens (tertiary/aromatic N) is 2. The average molecular weight is 332 g/mol. The third kappa shape index (κ3) is 3.65. The number of hydrogen-bond donors (Lipinski definition) is 1. The summed E-state index contributed by atoms with van der Waals surface area (Å²) in [4.78, 5) is 12.4. The van der Waals surface area contributed by atoms with Crippen LogP contribution in [0.3, 0.4) is 0 Å². The van der Waals surface area contributed by atoms with E-state index in [0.29, 0.717) is 21.9 Å². The Morgan fingerprint density at radius 1 is 1.45 bits per heavy atom. The molecule has 1 unspecified atom stereocenters. The molecule has 1 atom stereocenters. The van der Waals surface area contributed by atoms with Gasteiger partial charge >= 0.3 is 0 Å². The van der Waals surface area contributed by atoms with E-state index in [1.54, 1.807) is 10.9 Å². The first-order valence-corrected chi connectivity index (χ1v) is 9.51. The summed E-state index contributed by atoms with van der Waals surface area (Å²) in [5.41, 5.74) is 0.427. The molecule has 0 amide bonds. The van der Waals surface area contributed by atoms with Gasteiger partial charge in [0.2, 0.25) is 0 Å². The Morgan fingerprint density at radius 2 is 2.30 bits per heavy atom. The summed E-state index contributed by atoms with van der Waals surface area (Å²) in [5.74, 6) is 4.18. The molecule has 1 aromatic heterocycles. The maximum absolute atomic E-state index is 12.4. The molecule has 7 heteroatoms. The van der Waals surface area contributed by atoms with Gasteiger partial charge in [-0.25, -0.2) is 4.68 Å². The minimum atomic E-state index is -0.0853. The molecule has 3 rings (SSSR count). The second-order valence-corrected chi connectivity index (χ2v) is 8.21. The van der Waals surface area contributed by atoms with Gasteiger partial charge in [-0.2, -0.15) is 28.6 Å². The molecule has 1 saturated heterocycles. The van der Waals surface area contributed by atoms with Crippen LogP contribution in [-0.2, 0) is 6.54 Å². The highest BCUT2D eigenvalue weighted by atomic mass is 35.5. The zero-order valence-corrected chi connectivity index (χ0v) is 13.6. The molecule has 110 valence electrons. The molecule has 1 N–H and O–H groups in total. The number of thioether (sulfide) groups is 2. The van der Waals surface area contributed by atoms with Gasteiger partial charge in [-0.15, -0.1) is 0 Å². The largest absolute Gasteiger partial charge is 0.378 e. The van der Waals surface area contributed by atoms with Crippen LogP contribution in [0.4, 0.5) is 5.69 Å². The molecule has 0 spiro atoms. The average Bonchev–Trinajstić information content (AvgIpc) is 3.27. The van der Waals surface area contributed by atoms with Crippen LogP contribution in [0.2, 0.25) is 5.02 Å². The Hall–Kier alpha value is -0.330. The molecule has 1 aliphatic heterocycles. The summed E-state index contributed by atoms with van der Waals surface area (Å²) < 4.78 is 1.55. The SMILES string of the molecule is O=c1c(NCC2CSCCS2)c(Cl)cnn1CC1CC1. The third-order valence-corrected chi connectivity index (χ3v) is 6.65. The van der Waals surface area contributed by atoms with Crippen molar-refractivity contribution in [2.75, 3.05) is 29.1 Å². The lowest BCUT2D eigenvalue weighted by Crippen LogP contribution is -2.30. The van der Waals surface area contributed by atoms with Gasteiger partial charge in [-0.1, -0.05) is 11.6 Å². The van der Waals surface area contributed by atoms with Crippen molar-refractivity contribution in [3.05, 3.63) is 21.6 Å². The van der Waals surface area contributed by atoms with Crippen LogP contribution < -0.4 is 10.9 Å². The summed E-state index contributed by atoms with van der Waals surface area (Å²) in [5, 5.41) is 8.36. The minimum absolute atomic E-state index is 0.0853. The fourth-order valence-electron chi connectivity index (χ4n) is 2.17. The Kier molecular flexibility index (Phi) is 4.83. The maximum Gasteiger partial charge on any atom is 0.291 e. The second-order valence-electron chi connectivity index (χ2n) is 5.25. The van der Waals surface area contributed by atoms with Crippen molar-refractivity contribution in [3.8, 4) is 0 Å². The lowest BCUT2D eigenvalue weighted by molar-refractivity contribution is 0.534. The summed E-state index contributed by atoms with van der Waals surface area (Å²) >= 11 is 10.1. The normalized spacial score (nSPS) is 22.8.